The molecule has 0 amide bonds. The van der Waals surface area contributed by atoms with Gasteiger partial charge in [-0.3, -0.25) is 0 Å². The van der Waals surface area contributed by atoms with Gasteiger partial charge in [-0.15, -0.1) is 0 Å². The van der Waals surface area contributed by atoms with E-state index in [0.29, 0.717) is 6.54 Å². The van der Waals surface area contributed by atoms with Gasteiger partial charge in [0.05, 0.1) is 0 Å². The van der Waals surface area contributed by atoms with Crippen molar-refractivity contribution in [2.75, 3.05) is 6.54 Å². The van der Waals surface area contributed by atoms with E-state index in [1.54, 1.807) is 6.07 Å². The minimum absolute atomic E-state index is 0.204. The van der Waals surface area contributed by atoms with Crippen molar-refractivity contribution < 1.29 is 9.90 Å². The second-order valence-electron chi connectivity index (χ2n) is 3.47. The van der Waals surface area contributed by atoms with E-state index in [9.17, 15) is 4.79 Å². The predicted molar refractivity (Wildman–Crippen MR) is 63.3 cm³/mol. The quantitative estimate of drug-likeness (QED) is 0.732. The molecule has 4 heteroatoms. The highest BCUT2D eigenvalue weighted by Crippen LogP contribution is 2.17. The molecule has 0 unspecified atom stereocenters. The fourth-order valence-corrected chi connectivity index (χ4v) is 1.57. The molecule has 1 aromatic carbocycles. The number of rotatable bonds is 3. The number of nitrogens with two attached hydrogens (primary N) is 1. The lowest BCUT2D eigenvalue weighted by atomic mass is 10.1. The highest BCUT2D eigenvalue weighted by atomic mass is 16.4. The van der Waals surface area contributed by atoms with Crippen LogP contribution in [0.2, 0.25) is 0 Å². The lowest BCUT2D eigenvalue weighted by Gasteiger charge is -1.93. The maximum absolute atomic E-state index is 10.8. The van der Waals surface area contributed by atoms with E-state index in [-0.39, 0.29) is 5.69 Å². The van der Waals surface area contributed by atoms with E-state index in [4.69, 9.17) is 10.8 Å². The van der Waals surface area contributed by atoms with Crippen molar-refractivity contribution in [3.8, 4) is 0 Å². The summed E-state index contributed by atoms with van der Waals surface area (Å²) in [6.07, 6.45) is 3.75. The van der Waals surface area contributed by atoms with Gasteiger partial charge in [0, 0.05) is 17.4 Å². The van der Waals surface area contributed by atoms with Gasteiger partial charge >= 0.3 is 5.97 Å². The summed E-state index contributed by atoms with van der Waals surface area (Å²) in [5.41, 5.74) is 7.38. The Balaban J connectivity index is 2.45. The third kappa shape index (κ3) is 1.97. The molecule has 82 valence electrons. The summed E-state index contributed by atoms with van der Waals surface area (Å²) >= 11 is 0. The topological polar surface area (TPSA) is 79.1 Å². The molecule has 16 heavy (non-hydrogen) atoms. The summed E-state index contributed by atoms with van der Waals surface area (Å²) in [7, 11) is 0. The molecule has 0 saturated heterocycles. The zero-order chi connectivity index (χ0) is 11.5. The van der Waals surface area contributed by atoms with Crippen LogP contribution in [0.25, 0.3) is 17.0 Å². The largest absolute Gasteiger partial charge is 0.477 e. The summed E-state index contributed by atoms with van der Waals surface area (Å²) < 4.78 is 0. The molecule has 2 rings (SSSR count). The van der Waals surface area contributed by atoms with Crippen molar-refractivity contribution in [1.29, 1.82) is 0 Å². The van der Waals surface area contributed by atoms with Gasteiger partial charge in [0.1, 0.15) is 5.69 Å². The van der Waals surface area contributed by atoms with Gasteiger partial charge in [-0.2, -0.15) is 0 Å². The maximum Gasteiger partial charge on any atom is 0.352 e. The van der Waals surface area contributed by atoms with Crippen LogP contribution in [-0.2, 0) is 0 Å². The van der Waals surface area contributed by atoms with E-state index in [1.165, 1.54) is 0 Å². The highest BCUT2D eigenvalue weighted by Gasteiger charge is 2.06. The number of carboxylic acid groups (broad SMARTS) is 1. The smallest absolute Gasteiger partial charge is 0.352 e. The average Bonchev–Trinajstić information content (AvgIpc) is 2.69. The Hall–Kier alpha value is -2.07. The normalized spacial score (nSPS) is 11.3. The molecule has 0 aliphatic carbocycles. The van der Waals surface area contributed by atoms with Crippen LogP contribution in [0.4, 0.5) is 0 Å². The molecular weight excluding hydrogens is 204 g/mol. The summed E-state index contributed by atoms with van der Waals surface area (Å²) in [5, 5.41) is 9.73. The maximum atomic E-state index is 10.8. The molecule has 0 saturated carbocycles. The Kier molecular flexibility index (Phi) is 2.74. The van der Waals surface area contributed by atoms with Crippen LogP contribution in [0.1, 0.15) is 16.1 Å². The van der Waals surface area contributed by atoms with Crippen LogP contribution in [0, 0.1) is 0 Å². The first-order chi connectivity index (χ1) is 7.70. The Labute approximate surface area is 92.4 Å². The van der Waals surface area contributed by atoms with E-state index >= 15 is 0 Å². The Morgan fingerprint density at radius 1 is 1.44 bits per heavy atom. The minimum Gasteiger partial charge on any atom is -0.477 e. The number of nitrogens with one attached hydrogen (secondary N) is 1. The second kappa shape index (κ2) is 4.20. The van der Waals surface area contributed by atoms with Crippen LogP contribution in [-0.4, -0.2) is 22.6 Å². The molecule has 2 aromatic rings. The number of aromatic amines is 1. The van der Waals surface area contributed by atoms with Crippen LogP contribution in [0.3, 0.4) is 0 Å². The summed E-state index contributed by atoms with van der Waals surface area (Å²) in [4.78, 5) is 13.6. The van der Waals surface area contributed by atoms with Crippen molar-refractivity contribution in [3.63, 3.8) is 0 Å². The third-order valence-electron chi connectivity index (χ3n) is 2.32. The SMILES string of the molecule is NCC=Cc1ccc2cc(C(=O)O)[nH]c2c1. The van der Waals surface area contributed by atoms with Crippen LogP contribution in [0.5, 0.6) is 0 Å². The molecule has 1 heterocycles. The Morgan fingerprint density at radius 2 is 2.25 bits per heavy atom. The number of hydrogen-bond donors (Lipinski definition) is 3. The molecule has 0 fully saturated rings. The van der Waals surface area contributed by atoms with Gasteiger partial charge in [0.2, 0.25) is 0 Å². The minimum atomic E-state index is -0.949. The fraction of sp³-hybridized carbons (Fsp3) is 0.0833. The number of H-pyrrole nitrogens is 1. The molecule has 4 N–H and O–H groups in total. The van der Waals surface area contributed by atoms with Crippen molar-refractivity contribution in [2.45, 2.75) is 0 Å². The fourth-order valence-electron chi connectivity index (χ4n) is 1.57. The molecular formula is C12H12N2O2. The molecule has 0 aliphatic heterocycles. The zero-order valence-corrected chi connectivity index (χ0v) is 8.60. The average molecular weight is 216 g/mol. The lowest BCUT2D eigenvalue weighted by molar-refractivity contribution is 0.0691. The van der Waals surface area contributed by atoms with Crippen LogP contribution >= 0.6 is 0 Å². The molecule has 4 nitrogen and oxygen atoms in total. The number of aromatic nitrogens is 1. The van der Waals surface area contributed by atoms with E-state index in [2.05, 4.69) is 4.98 Å². The standard InChI is InChI=1S/C12H12N2O2/c13-5-1-2-8-3-4-9-7-11(12(15)16)14-10(9)6-8/h1-4,6-7,14H,5,13H2,(H,15,16). The van der Waals surface area contributed by atoms with Crippen LogP contribution < -0.4 is 5.73 Å². The van der Waals surface area contributed by atoms with Gasteiger partial charge in [-0.1, -0.05) is 24.3 Å². The second-order valence-corrected chi connectivity index (χ2v) is 3.47. The monoisotopic (exact) mass is 216 g/mol. The van der Waals surface area contributed by atoms with Crippen molar-refractivity contribution in [3.05, 3.63) is 41.6 Å². The highest BCUT2D eigenvalue weighted by molar-refractivity contribution is 5.94. The van der Waals surface area contributed by atoms with Gasteiger partial charge in [-0.05, 0) is 17.7 Å². The molecule has 0 aliphatic rings. The first-order valence-electron chi connectivity index (χ1n) is 4.93. The molecule has 0 bridgehead atoms. The number of carboxylic acids is 1. The van der Waals surface area contributed by atoms with E-state index in [1.807, 2.05) is 30.4 Å². The van der Waals surface area contributed by atoms with Gasteiger partial charge < -0.3 is 15.8 Å². The summed E-state index contributed by atoms with van der Waals surface area (Å²) in [6, 6.07) is 7.32. The van der Waals surface area contributed by atoms with E-state index < -0.39 is 5.97 Å². The number of benzene rings is 1. The van der Waals surface area contributed by atoms with Gasteiger partial charge in [-0.25, -0.2) is 4.79 Å². The number of hydrogen-bond acceptors (Lipinski definition) is 2. The number of carbonyl (C=O) groups is 1. The third-order valence-corrected chi connectivity index (χ3v) is 2.32. The number of aromatic carboxylic acids is 1. The molecule has 0 radical (unpaired) electrons. The molecule has 0 atom stereocenters. The zero-order valence-electron chi connectivity index (χ0n) is 8.60. The first kappa shape index (κ1) is 10.4. The predicted octanol–water partition coefficient (Wildman–Crippen LogP) is 1.84. The molecule has 0 spiro atoms. The summed E-state index contributed by atoms with van der Waals surface area (Å²) in [5.74, 6) is -0.949. The van der Waals surface area contributed by atoms with Crippen molar-refractivity contribution >= 4 is 22.9 Å². The Morgan fingerprint density at radius 3 is 2.94 bits per heavy atom. The first-order valence-corrected chi connectivity index (χ1v) is 4.93. The van der Waals surface area contributed by atoms with Crippen LogP contribution in [0.15, 0.2) is 30.3 Å². The van der Waals surface area contributed by atoms with Crippen molar-refractivity contribution in [2.24, 2.45) is 5.73 Å². The van der Waals surface area contributed by atoms with Crippen molar-refractivity contribution in [1.82, 2.24) is 4.98 Å². The number of fused-ring (bicyclic) bond motifs is 1. The lowest BCUT2D eigenvalue weighted by Crippen LogP contribution is -1.94. The van der Waals surface area contributed by atoms with Gasteiger partial charge in [0.25, 0.3) is 0 Å². The summed E-state index contributed by atoms with van der Waals surface area (Å²) in [6.45, 7) is 0.489. The molecule has 1 aromatic heterocycles. The Bertz CT molecular complexity index is 555. The van der Waals surface area contributed by atoms with Gasteiger partial charge in [0.15, 0.2) is 0 Å². The van der Waals surface area contributed by atoms with E-state index in [0.717, 1.165) is 16.5 Å².